The van der Waals surface area contributed by atoms with Gasteiger partial charge >= 0.3 is 0 Å². The molecule has 32 heavy (non-hydrogen) atoms. The second kappa shape index (κ2) is 9.06. The van der Waals surface area contributed by atoms with Crippen molar-refractivity contribution in [3.05, 3.63) is 59.0 Å². The highest BCUT2D eigenvalue weighted by molar-refractivity contribution is 5.79. The molecule has 0 atom stereocenters. The summed E-state index contributed by atoms with van der Waals surface area (Å²) >= 11 is 0. The van der Waals surface area contributed by atoms with Crippen molar-refractivity contribution in [3.63, 3.8) is 0 Å². The van der Waals surface area contributed by atoms with Crippen molar-refractivity contribution >= 4 is 11.9 Å². The van der Waals surface area contributed by atoms with E-state index in [-0.39, 0.29) is 17.6 Å². The second-order valence-electron chi connectivity index (χ2n) is 8.50. The number of carbonyl (C=O) groups excluding carboxylic acids is 1. The summed E-state index contributed by atoms with van der Waals surface area (Å²) in [4.78, 5) is 26.0. The Morgan fingerprint density at radius 2 is 1.88 bits per heavy atom. The van der Waals surface area contributed by atoms with Gasteiger partial charge in [-0.15, -0.1) is 0 Å². The molecule has 168 valence electrons. The molecule has 1 aliphatic rings. The molecule has 0 N–H and O–H groups in total. The van der Waals surface area contributed by atoms with Gasteiger partial charge in [0.05, 0.1) is 17.8 Å². The minimum atomic E-state index is -0.272. The summed E-state index contributed by atoms with van der Waals surface area (Å²) in [5.74, 6) is 1.36. The lowest BCUT2D eigenvalue weighted by molar-refractivity contribution is -0.131. The first-order valence-electron chi connectivity index (χ1n) is 10.8. The SMILES string of the molecule is Cc1noc(C)c1CC(=O)N1CCC(c2nc(N(C)C)ncc2-c2ccc(F)cc2)CC1. The number of likely N-dealkylation sites (tertiary alicyclic amines) is 1. The first-order valence-corrected chi connectivity index (χ1v) is 10.8. The lowest BCUT2D eigenvalue weighted by atomic mass is 9.88. The van der Waals surface area contributed by atoms with Crippen LogP contribution in [-0.2, 0) is 11.2 Å². The van der Waals surface area contributed by atoms with Crippen molar-refractivity contribution in [1.29, 1.82) is 0 Å². The van der Waals surface area contributed by atoms with Crippen LogP contribution in [0.15, 0.2) is 35.0 Å². The number of amides is 1. The Bertz CT molecular complexity index is 1080. The van der Waals surface area contributed by atoms with Crippen LogP contribution >= 0.6 is 0 Å². The van der Waals surface area contributed by atoms with Crippen LogP contribution in [0.2, 0.25) is 0 Å². The first-order chi connectivity index (χ1) is 15.3. The van der Waals surface area contributed by atoms with Gasteiger partial charge in [-0.1, -0.05) is 17.3 Å². The molecule has 3 aromatic rings. The number of nitrogens with zero attached hydrogens (tertiary/aromatic N) is 5. The number of halogens is 1. The topological polar surface area (TPSA) is 75.4 Å². The fraction of sp³-hybridized carbons (Fsp3) is 0.417. The van der Waals surface area contributed by atoms with Gasteiger partial charge in [0.25, 0.3) is 0 Å². The molecular weight excluding hydrogens is 409 g/mol. The molecule has 3 heterocycles. The van der Waals surface area contributed by atoms with E-state index in [2.05, 4.69) is 10.1 Å². The molecule has 1 aliphatic heterocycles. The van der Waals surface area contributed by atoms with Gasteiger partial charge in [0.15, 0.2) is 0 Å². The summed E-state index contributed by atoms with van der Waals surface area (Å²) in [5, 5.41) is 3.95. The Kier molecular flexibility index (Phi) is 6.21. The normalized spacial score (nSPS) is 14.6. The third-order valence-electron chi connectivity index (χ3n) is 6.10. The van der Waals surface area contributed by atoms with Crippen LogP contribution in [0.1, 0.15) is 41.5 Å². The molecule has 1 saturated heterocycles. The van der Waals surface area contributed by atoms with E-state index >= 15 is 0 Å². The Morgan fingerprint density at radius 3 is 2.47 bits per heavy atom. The highest BCUT2D eigenvalue weighted by Crippen LogP contribution is 2.35. The minimum absolute atomic E-state index is 0.0910. The highest BCUT2D eigenvalue weighted by Gasteiger charge is 2.28. The minimum Gasteiger partial charge on any atom is -0.361 e. The number of aromatic nitrogens is 3. The number of carbonyl (C=O) groups is 1. The molecule has 1 aromatic carbocycles. The van der Waals surface area contributed by atoms with Gasteiger partial charge in [-0.25, -0.2) is 14.4 Å². The fourth-order valence-electron chi connectivity index (χ4n) is 4.18. The molecule has 0 spiro atoms. The van der Waals surface area contributed by atoms with E-state index in [9.17, 15) is 9.18 Å². The van der Waals surface area contributed by atoms with Crippen LogP contribution in [0.25, 0.3) is 11.1 Å². The third kappa shape index (κ3) is 4.49. The molecule has 0 saturated carbocycles. The van der Waals surface area contributed by atoms with E-state index in [0.717, 1.165) is 40.9 Å². The Labute approximate surface area is 187 Å². The van der Waals surface area contributed by atoms with Gasteiger partial charge in [-0.3, -0.25) is 4.79 Å². The maximum Gasteiger partial charge on any atom is 0.227 e. The predicted octanol–water partition coefficient (Wildman–Crippen LogP) is 3.90. The standard InChI is InChI=1S/C24H28FN5O2/c1-15-20(16(2)32-28-15)13-22(31)30-11-9-18(10-12-30)23-21(14-26-24(27-23)29(3)4)17-5-7-19(25)8-6-17/h5-8,14,18H,9-13H2,1-4H3. The summed E-state index contributed by atoms with van der Waals surface area (Å²) in [5.41, 5.74) is 4.40. The summed E-state index contributed by atoms with van der Waals surface area (Å²) in [6.07, 6.45) is 3.75. The van der Waals surface area contributed by atoms with Gasteiger partial charge in [0, 0.05) is 50.4 Å². The zero-order chi connectivity index (χ0) is 22.8. The number of hydrogen-bond donors (Lipinski definition) is 0. The number of hydrogen-bond acceptors (Lipinski definition) is 6. The van der Waals surface area contributed by atoms with Crippen LogP contribution in [0.5, 0.6) is 0 Å². The lowest BCUT2D eigenvalue weighted by Crippen LogP contribution is -2.39. The number of aryl methyl sites for hydroxylation is 2. The number of piperidine rings is 1. The van der Waals surface area contributed by atoms with Gasteiger partial charge < -0.3 is 14.3 Å². The van der Waals surface area contributed by atoms with E-state index < -0.39 is 0 Å². The largest absolute Gasteiger partial charge is 0.361 e. The lowest BCUT2D eigenvalue weighted by Gasteiger charge is -2.33. The summed E-state index contributed by atoms with van der Waals surface area (Å²) in [6.45, 7) is 5.02. The number of benzene rings is 1. The Hall–Kier alpha value is -3.29. The number of rotatable bonds is 5. The van der Waals surface area contributed by atoms with Crippen molar-refractivity contribution in [3.8, 4) is 11.1 Å². The Morgan fingerprint density at radius 1 is 1.19 bits per heavy atom. The van der Waals surface area contributed by atoms with Gasteiger partial charge in [0.1, 0.15) is 11.6 Å². The molecule has 8 heteroatoms. The molecule has 2 aromatic heterocycles. The van der Waals surface area contributed by atoms with Crippen LogP contribution < -0.4 is 4.90 Å². The second-order valence-corrected chi connectivity index (χ2v) is 8.50. The fourth-order valence-corrected chi connectivity index (χ4v) is 4.18. The monoisotopic (exact) mass is 437 g/mol. The summed E-state index contributed by atoms with van der Waals surface area (Å²) < 4.78 is 18.6. The van der Waals surface area contributed by atoms with Crippen LogP contribution in [0.4, 0.5) is 10.3 Å². The summed E-state index contributed by atoms with van der Waals surface area (Å²) in [7, 11) is 3.82. The van der Waals surface area contributed by atoms with E-state index in [1.807, 2.05) is 43.9 Å². The molecule has 0 bridgehead atoms. The molecule has 4 rings (SSSR count). The van der Waals surface area contributed by atoms with E-state index in [0.29, 0.717) is 31.2 Å². The van der Waals surface area contributed by atoms with Gasteiger partial charge in [-0.2, -0.15) is 0 Å². The van der Waals surface area contributed by atoms with Crippen molar-refractivity contribution in [2.75, 3.05) is 32.1 Å². The van der Waals surface area contributed by atoms with Crippen molar-refractivity contribution in [2.24, 2.45) is 0 Å². The maximum atomic E-state index is 13.4. The molecular formula is C24H28FN5O2. The molecule has 1 amide bonds. The zero-order valence-electron chi connectivity index (χ0n) is 18.9. The molecule has 1 fully saturated rings. The van der Waals surface area contributed by atoms with Crippen LogP contribution in [0, 0.1) is 19.7 Å². The van der Waals surface area contributed by atoms with E-state index in [1.165, 1.54) is 12.1 Å². The summed E-state index contributed by atoms with van der Waals surface area (Å²) in [6, 6.07) is 6.42. The Balaban J connectivity index is 1.52. The average molecular weight is 438 g/mol. The van der Waals surface area contributed by atoms with Crippen molar-refractivity contribution in [1.82, 2.24) is 20.0 Å². The van der Waals surface area contributed by atoms with Crippen molar-refractivity contribution < 1.29 is 13.7 Å². The van der Waals surface area contributed by atoms with Gasteiger partial charge in [0.2, 0.25) is 11.9 Å². The predicted molar refractivity (Wildman–Crippen MR) is 120 cm³/mol. The molecule has 7 nitrogen and oxygen atoms in total. The third-order valence-corrected chi connectivity index (χ3v) is 6.10. The van der Waals surface area contributed by atoms with Crippen LogP contribution in [-0.4, -0.2) is 53.1 Å². The maximum absolute atomic E-state index is 13.4. The highest BCUT2D eigenvalue weighted by atomic mass is 19.1. The van der Waals surface area contributed by atoms with Crippen molar-refractivity contribution in [2.45, 2.75) is 39.0 Å². The molecule has 0 aliphatic carbocycles. The number of anilines is 1. The van der Waals surface area contributed by atoms with E-state index in [4.69, 9.17) is 9.51 Å². The van der Waals surface area contributed by atoms with Gasteiger partial charge in [-0.05, 0) is 44.4 Å². The first kappa shape index (κ1) is 21.9. The molecule has 0 unspecified atom stereocenters. The zero-order valence-corrected chi connectivity index (χ0v) is 18.9. The quantitative estimate of drug-likeness (QED) is 0.603. The van der Waals surface area contributed by atoms with Crippen LogP contribution in [0.3, 0.4) is 0 Å². The average Bonchev–Trinajstić information content (AvgIpc) is 3.11. The molecule has 0 radical (unpaired) electrons. The van der Waals surface area contributed by atoms with E-state index in [1.54, 1.807) is 12.1 Å². The smallest absolute Gasteiger partial charge is 0.227 e.